The highest BCUT2D eigenvalue weighted by Crippen LogP contribution is 2.35. The Hall–Kier alpha value is -2.53. The number of rotatable bonds is 3. The van der Waals surface area contributed by atoms with Crippen molar-refractivity contribution in [1.29, 1.82) is 0 Å². The summed E-state index contributed by atoms with van der Waals surface area (Å²) in [5, 5.41) is 10.1. The fourth-order valence-corrected chi connectivity index (χ4v) is 3.01. The van der Waals surface area contributed by atoms with Crippen LogP contribution in [0.5, 0.6) is 11.5 Å². The minimum Gasteiger partial charge on any atom is -0.486 e. The number of aliphatic hydroxyl groups excluding tert-OH is 1. The number of hydrogen-bond acceptors (Lipinski definition) is 4. The molecule has 0 fully saturated rings. The van der Waals surface area contributed by atoms with Crippen LogP contribution in [0.15, 0.2) is 42.5 Å². The van der Waals surface area contributed by atoms with Crippen molar-refractivity contribution < 1.29 is 14.6 Å². The molecule has 1 aliphatic rings. The molecule has 0 spiro atoms. The fourth-order valence-electron chi connectivity index (χ4n) is 3.01. The Morgan fingerprint density at radius 2 is 1.96 bits per heavy atom. The number of ether oxygens (including phenoxy) is 2. The van der Waals surface area contributed by atoms with E-state index in [4.69, 9.17) is 9.47 Å². The van der Waals surface area contributed by atoms with Gasteiger partial charge in [0.05, 0.1) is 17.6 Å². The van der Waals surface area contributed by atoms with Gasteiger partial charge in [0.25, 0.3) is 0 Å². The van der Waals surface area contributed by atoms with Gasteiger partial charge in [-0.15, -0.1) is 0 Å². The van der Waals surface area contributed by atoms with E-state index < -0.39 is 6.10 Å². The minimum atomic E-state index is -0.640. The van der Waals surface area contributed by atoms with Crippen molar-refractivity contribution in [3.63, 3.8) is 0 Å². The van der Waals surface area contributed by atoms with Crippen LogP contribution < -0.4 is 9.47 Å². The molecule has 0 unspecified atom stereocenters. The van der Waals surface area contributed by atoms with E-state index in [0.29, 0.717) is 25.6 Å². The molecule has 2 heterocycles. The molecular formula is C18H18N2O3. The van der Waals surface area contributed by atoms with E-state index >= 15 is 0 Å². The van der Waals surface area contributed by atoms with Crippen LogP contribution in [0.25, 0.3) is 11.0 Å². The summed E-state index contributed by atoms with van der Waals surface area (Å²) in [5.41, 5.74) is 2.90. The number of fused-ring (bicyclic) bond motifs is 2. The SMILES string of the molecule is C[C@@H](O)c1nc2ccccc2n1Cc1cccc2c1OCCO2. The van der Waals surface area contributed by atoms with Crippen molar-refractivity contribution in [3.8, 4) is 11.5 Å². The molecule has 0 aliphatic carbocycles. The lowest BCUT2D eigenvalue weighted by Crippen LogP contribution is -2.17. The third kappa shape index (κ3) is 2.43. The third-order valence-corrected chi connectivity index (χ3v) is 4.03. The van der Waals surface area contributed by atoms with Crippen molar-refractivity contribution in [2.24, 2.45) is 0 Å². The van der Waals surface area contributed by atoms with E-state index in [1.807, 2.05) is 47.0 Å². The van der Waals surface area contributed by atoms with Crippen molar-refractivity contribution in [2.75, 3.05) is 13.2 Å². The van der Waals surface area contributed by atoms with E-state index in [0.717, 1.165) is 28.1 Å². The minimum absolute atomic E-state index is 0.554. The van der Waals surface area contributed by atoms with E-state index in [-0.39, 0.29) is 0 Å². The first-order valence-electron chi connectivity index (χ1n) is 7.75. The molecule has 0 amide bonds. The van der Waals surface area contributed by atoms with Crippen LogP contribution >= 0.6 is 0 Å². The molecule has 1 aliphatic heterocycles. The molecule has 3 aromatic rings. The van der Waals surface area contributed by atoms with Crippen molar-refractivity contribution in [2.45, 2.75) is 19.6 Å². The Bertz CT molecular complexity index is 855. The first-order valence-corrected chi connectivity index (χ1v) is 7.75. The molecule has 0 saturated heterocycles. The summed E-state index contributed by atoms with van der Waals surface area (Å²) >= 11 is 0. The number of hydrogen-bond donors (Lipinski definition) is 1. The second kappa shape index (κ2) is 5.59. The number of aromatic nitrogens is 2. The average molecular weight is 310 g/mol. The summed E-state index contributed by atoms with van der Waals surface area (Å²) in [6.45, 7) is 3.44. The Kier molecular flexibility index (Phi) is 3.42. The van der Waals surface area contributed by atoms with Crippen LogP contribution in [-0.2, 0) is 6.54 Å². The number of para-hydroxylation sites is 3. The van der Waals surface area contributed by atoms with Crippen LogP contribution in [0.1, 0.15) is 24.4 Å². The average Bonchev–Trinajstić information content (AvgIpc) is 2.94. The van der Waals surface area contributed by atoms with Crippen molar-refractivity contribution in [3.05, 3.63) is 53.9 Å². The lowest BCUT2D eigenvalue weighted by Gasteiger charge is -2.21. The van der Waals surface area contributed by atoms with Gasteiger partial charge in [0.2, 0.25) is 0 Å². The maximum Gasteiger partial charge on any atom is 0.166 e. The lowest BCUT2D eigenvalue weighted by molar-refractivity contribution is 0.169. The standard InChI is InChI=1S/C18H18N2O3/c1-12(21)18-19-14-6-2-3-7-15(14)20(18)11-13-5-4-8-16-17(13)23-10-9-22-16/h2-8,12,21H,9-11H2,1H3/t12-/m1/s1. The van der Waals surface area contributed by atoms with Gasteiger partial charge in [0.15, 0.2) is 11.5 Å². The highest BCUT2D eigenvalue weighted by atomic mass is 16.6. The molecule has 1 N–H and O–H groups in total. The van der Waals surface area contributed by atoms with Gasteiger partial charge in [-0.2, -0.15) is 0 Å². The molecule has 2 aromatic carbocycles. The Morgan fingerprint density at radius 3 is 2.83 bits per heavy atom. The number of benzene rings is 2. The second-order valence-corrected chi connectivity index (χ2v) is 5.66. The molecule has 4 rings (SSSR count). The molecule has 118 valence electrons. The summed E-state index contributed by atoms with van der Waals surface area (Å²) < 4.78 is 13.5. The molecule has 0 bridgehead atoms. The van der Waals surface area contributed by atoms with E-state index in [1.54, 1.807) is 6.92 Å². The monoisotopic (exact) mass is 310 g/mol. The largest absolute Gasteiger partial charge is 0.486 e. The van der Waals surface area contributed by atoms with Gasteiger partial charge >= 0.3 is 0 Å². The second-order valence-electron chi connectivity index (χ2n) is 5.66. The Morgan fingerprint density at radius 1 is 1.13 bits per heavy atom. The summed E-state index contributed by atoms with van der Waals surface area (Å²) in [7, 11) is 0. The predicted molar refractivity (Wildman–Crippen MR) is 86.9 cm³/mol. The number of nitrogens with zero attached hydrogens (tertiary/aromatic N) is 2. The molecule has 1 atom stereocenters. The fraction of sp³-hybridized carbons (Fsp3) is 0.278. The smallest absolute Gasteiger partial charge is 0.166 e. The van der Waals surface area contributed by atoms with Gasteiger partial charge in [0, 0.05) is 5.56 Å². The molecule has 0 saturated carbocycles. The number of imidazole rings is 1. The molecule has 0 radical (unpaired) electrons. The zero-order valence-corrected chi connectivity index (χ0v) is 12.9. The normalized spacial score (nSPS) is 14.9. The zero-order chi connectivity index (χ0) is 15.8. The van der Waals surface area contributed by atoms with Crippen LogP contribution in [0.4, 0.5) is 0 Å². The first kappa shape index (κ1) is 14.1. The number of aliphatic hydroxyl groups is 1. The maximum atomic E-state index is 10.1. The van der Waals surface area contributed by atoms with E-state index in [2.05, 4.69) is 4.98 Å². The van der Waals surface area contributed by atoms with E-state index in [9.17, 15) is 5.11 Å². The van der Waals surface area contributed by atoms with Crippen LogP contribution in [0, 0.1) is 0 Å². The topological polar surface area (TPSA) is 56.5 Å². The third-order valence-electron chi connectivity index (χ3n) is 4.03. The molecule has 5 heteroatoms. The quantitative estimate of drug-likeness (QED) is 0.808. The first-order chi connectivity index (χ1) is 11.2. The van der Waals surface area contributed by atoms with Gasteiger partial charge in [-0.25, -0.2) is 4.98 Å². The van der Waals surface area contributed by atoms with Crippen LogP contribution in [0.2, 0.25) is 0 Å². The highest BCUT2D eigenvalue weighted by molar-refractivity contribution is 5.76. The van der Waals surface area contributed by atoms with Gasteiger partial charge in [0.1, 0.15) is 25.1 Å². The predicted octanol–water partition coefficient (Wildman–Crippen LogP) is 2.91. The summed E-state index contributed by atoms with van der Waals surface area (Å²) in [4.78, 5) is 4.56. The summed E-state index contributed by atoms with van der Waals surface area (Å²) in [5.74, 6) is 2.21. The van der Waals surface area contributed by atoms with Crippen molar-refractivity contribution >= 4 is 11.0 Å². The highest BCUT2D eigenvalue weighted by Gasteiger charge is 2.19. The van der Waals surface area contributed by atoms with Crippen molar-refractivity contribution in [1.82, 2.24) is 9.55 Å². The Balaban J connectivity index is 1.83. The lowest BCUT2D eigenvalue weighted by atomic mass is 10.1. The van der Waals surface area contributed by atoms with Gasteiger partial charge in [-0.05, 0) is 25.1 Å². The molecular weight excluding hydrogens is 292 g/mol. The molecule has 5 nitrogen and oxygen atoms in total. The van der Waals surface area contributed by atoms with Crippen LogP contribution in [0.3, 0.4) is 0 Å². The summed E-state index contributed by atoms with van der Waals surface area (Å²) in [6.07, 6.45) is -0.640. The van der Waals surface area contributed by atoms with Gasteiger partial charge in [-0.1, -0.05) is 24.3 Å². The van der Waals surface area contributed by atoms with Gasteiger partial charge in [-0.3, -0.25) is 0 Å². The Labute approximate surface area is 134 Å². The zero-order valence-electron chi connectivity index (χ0n) is 12.9. The van der Waals surface area contributed by atoms with Crippen LogP contribution in [-0.4, -0.2) is 27.9 Å². The maximum absolute atomic E-state index is 10.1. The molecule has 23 heavy (non-hydrogen) atoms. The molecule has 1 aromatic heterocycles. The van der Waals surface area contributed by atoms with Gasteiger partial charge < -0.3 is 19.1 Å². The summed E-state index contributed by atoms with van der Waals surface area (Å²) in [6, 6.07) is 13.8. The van der Waals surface area contributed by atoms with E-state index in [1.165, 1.54) is 0 Å².